The van der Waals surface area contributed by atoms with Crippen LogP contribution < -0.4 is 10.1 Å². The zero-order chi connectivity index (χ0) is 13.8. The Hall–Kier alpha value is -1.02. The highest BCUT2D eigenvalue weighted by molar-refractivity contribution is 5.38. The summed E-state index contributed by atoms with van der Waals surface area (Å²) in [7, 11) is 0. The lowest BCUT2D eigenvalue weighted by atomic mass is 9.92. The second-order valence-electron chi connectivity index (χ2n) is 6.29. The molecular formula is C18H27NO. The first-order chi connectivity index (χ1) is 9.86. The smallest absolute Gasteiger partial charge is 0.120 e. The second-order valence-corrected chi connectivity index (χ2v) is 6.29. The summed E-state index contributed by atoms with van der Waals surface area (Å²) < 4.78 is 6.33. The average Bonchev–Trinajstić information content (AvgIpc) is 2.94. The molecule has 2 aliphatic rings. The summed E-state index contributed by atoms with van der Waals surface area (Å²) in [4.78, 5) is 0. The highest BCUT2D eigenvalue weighted by atomic mass is 16.5. The highest BCUT2D eigenvalue weighted by Gasteiger charge is 2.26. The SMILES string of the molecule is CCCNC1CCCCC1Oc1ccc2c(c1)CCC2. The predicted octanol–water partition coefficient (Wildman–Crippen LogP) is 3.86. The third-order valence-corrected chi connectivity index (χ3v) is 4.72. The first kappa shape index (κ1) is 13.9. The summed E-state index contributed by atoms with van der Waals surface area (Å²) in [5.74, 6) is 1.08. The standard InChI is InChI=1S/C18H27NO/c1-2-12-19-17-8-3-4-9-18(17)20-16-11-10-14-6-5-7-15(14)13-16/h10-11,13,17-19H,2-9,12H2,1H3. The molecule has 2 heteroatoms. The molecule has 1 aromatic carbocycles. The minimum Gasteiger partial charge on any atom is -0.489 e. The Kier molecular flexibility index (Phi) is 4.62. The van der Waals surface area contributed by atoms with Gasteiger partial charge in [-0.15, -0.1) is 0 Å². The van der Waals surface area contributed by atoms with Crippen molar-refractivity contribution >= 4 is 0 Å². The molecule has 0 radical (unpaired) electrons. The molecule has 0 saturated heterocycles. The van der Waals surface area contributed by atoms with Crippen molar-refractivity contribution in [3.63, 3.8) is 0 Å². The molecule has 2 unspecified atom stereocenters. The molecule has 0 aliphatic heterocycles. The van der Waals surface area contributed by atoms with Crippen molar-refractivity contribution in [2.24, 2.45) is 0 Å². The minimum absolute atomic E-state index is 0.356. The van der Waals surface area contributed by atoms with E-state index in [0.717, 1.165) is 12.3 Å². The van der Waals surface area contributed by atoms with E-state index in [2.05, 4.69) is 30.4 Å². The Morgan fingerprint density at radius 3 is 2.85 bits per heavy atom. The van der Waals surface area contributed by atoms with Gasteiger partial charge in [0.15, 0.2) is 0 Å². The van der Waals surface area contributed by atoms with Gasteiger partial charge in [0.2, 0.25) is 0 Å². The van der Waals surface area contributed by atoms with E-state index in [-0.39, 0.29) is 0 Å². The molecule has 110 valence electrons. The Bertz CT molecular complexity index is 443. The van der Waals surface area contributed by atoms with Crippen molar-refractivity contribution in [3.8, 4) is 5.75 Å². The number of hydrogen-bond donors (Lipinski definition) is 1. The van der Waals surface area contributed by atoms with Crippen molar-refractivity contribution in [2.75, 3.05) is 6.54 Å². The molecule has 1 aromatic rings. The van der Waals surface area contributed by atoms with Crippen molar-refractivity contribution in [3.05, 3.63) is 29.3 Å². The number of nitrogens with one attached hydrogen (secondary N) is 1. The van der Waals surface area contributed by atoms with E-state index >= 15 is 0 Å². The molecule has 1 N–H and O–H groups in total. The van der Waals surface area contributed by atoms with Crippen molar-refractivity contribution in [2.45, 2.75) is 70.4 Å². The maximum Gasteiger partial charge on any atom is 0.120 e. The number of hydrogen-bond acceptors (Lipinski definition) is 2. The number of rotatable bonds is 5. The largest absolute Gasteiger partial charge is 0.489 e. The third-order valence-electron chi connectivity index (χ3n) is 4.72. The van der Waals surface area contributed by atoms with Crippen LogP contribution in [0.15, 0.2) is 18.2 Å². The van der Waals surface area contributed by atoms with Crippen LogP contribution in [0.2, 0.25) is 0 Å². The quantitative estimate of drug-likeness (QED) is 0.879. The molecule has 0 amide bonds. The highest BCUT2D eigenvalue weighted by Crippen LogP contribution is 2.29. The van der Waals surface area contributed by atoms with Gasteiger partial charge in [0.1, 0.15) is 11.9 Å². The van der Waals surface area contributed by atoms with Crippen LogP contribution in [-0.2, 0) is 12.8 Å². The van der Waals surface area contributed by atoms with Gasteiger partial charge in [0.05, 0.1) is 0 Å². The van der Waals surface area contributed by atoms with E-state index in [1.165, 1.54) is 62.5 Å². The van der Waals surface area contributed by atoms with Crippen LogP contribution in [0.4, 0.5) is 0 Å². The minimum atomic E-state index is 0.356. The van der Waals surface area contributed by atoms with Gasteiger partial charge in [0, 0.05) is 6.04 Å². The maximum atomic E-state index is 6.33. The van der Waals surface area contributed by atoms with Gasteiger partial charge >= 0.3 is 0 Å². The van der Waals surface area contributed by atoms with Gasteiger partial charge in [-0.2, -0.15) is 0 Å². The van der Waals surface area contributed by atoms with Crippen LogP contribution in [0.3, 0.4) is 0 Å². The van der Waals surface area contributed by atoms with Gasteiger partial charge < -0.3 is 10.1 Å². The summed E-state index contributed by atoms with van der Waals surface area (Å²) in [5.41, 5.74) is 3.04. The van der Waals surface area contributed by atoms with Gasteiger partial charge in [-0.1, -0.05) is 19.4 Å². The maximum absolute atomic E-state index is 6.33. The second kappa shape index (κ2) is 6.62. The van der Waals surface area contributed by atoms with Crippen LogP contribution in [0.5, 0.6) is 5.75 Å². The molecule has 2 nitrogen and oxygen atoms in total. The fraction of sp³-hybridized carbons (Fsp3) is 0.667. The molecule has 3 rings (SSSR count). The van der Waals surface area contributed by atoms with E-state index < -0.39 is 0 Å². The van der Waals surface area contributed by atoms with Crippen LogP contribution in [0.1, 0.15) is 56.6 Å². The van der Waals surface area contributed by atoms with Crippen LogP contribution in [0.25, 0.3) is 0 Å². The summed E-state index contributed by atoms with van der Waals surface area (Å²) in [6, 6.07) is 7.27. The van der Waals surface area contributed by atoms with Crippen LogP contribution in [-0.4, -0.2) is 18.7 Å². The van der Waals surface area contributed by atoms with Crippen molar-refractivity contribution in [1.82, 2.24) is 5.32 Å². The van der Waals surface area contributed by atoms with E-state index in [1.807, 2.05) is 0 Å². The molecule has 1 fully saturated rings. The molecule has 2 atom stereocenters. The van der Waals surface area contributed by atoms with Crippen molar-refractivity contribution < 1.29 is 4.74 Å². The first-order valence-corrected chi connectivity index (χ1v) is 8.38. The Morgan fingerprint density at radius 1 is 1.10 bits per heavy atom. The van der Waals surface area contributed by atoms with E-state index in [4.69, 9.17) is 4.74 Å². The molecule has 20 heavy (non-hydrogen) atoms. The fourth-order valence-corrected chi connectivity index (χ4v) is 3.60. The molecular weight excluding hydrogens is 246 g/mol. The lowest BCUT2D eigenvalue weighted by Crippen LogP contribution is -2.45. The van der Waals surface area contributed by atoms with Gasteiger partial charge in [-0.3, -0.25) is 0 Å². The molecule has 2 aliphatic carbocycles. The van der Waals surface area contributed by atoms with E-state index in [9.17, 15) is 0 Å². The number of benzene rings is 1. The normalized spacial score (nSPS) is 25.4. The van der Waals surface area contributed by atoms with E-state index in [1.54, 1.807) is 0 Å². The lowest BCUT2D eigenvalue weighted by Gasteiger charge is -2.32. The summed E-state index contributed by atoms with van der Waals surface area (Å²) >= 11 is 0. The number of fused-ring (bicyclic) bond motifs is 1. The summed E-state index contributed by atoms with van der Waals surface area (Å²) in [6.45, 7) is 3.33. The predicted molar refractivity (Wildman–Crippen MR) is 83.4 cm³/mol. The zero-order valence-corrected chi connectivity index (χ0v) is 12.7. The van der Waals surface area contributed by atoms with Crippen LogP contribution in [0, 0.1) is 0 Å². The third kappa shape index (κ3) is 3.17. The van der Waals surface area contributed by atoms with Gasteiger partial charge in [-0.25, -0.2) is 0 Å². The number of ether oxygens (including phenoxy) is 1. The average molecular weight is 273 g/mol. The Morgan fingerprint density at radius 2 is 1.95 bits per heavy atom. The molecule has 0 heterocycles. The number of aryl methyl sites for hydroxylation is 2. The monoisotopic (exact) mass is 273 g/mol. The summed E-state index contributed by atoms with van der Waals surface area (Å²) in [6.07, 6.45) is 10.4. The Balaban J connectivity index is 1.65. The van der Waals surface area contributed by atoms with Crippen molar-refractivity contribution in [1.29, 1.82) is 0 Å². The lowest BCUT2D eigenvalue weighted by molar-refractivity contribution is 0.114. The van der Waals surface area contributed by atoms with Gasteiger partial charge in [0.25, 0.3) is 0 Å². The molecule has 0 bridgehead atoms. The topological polar surface area (TPSA) is 21.3 Å². The van der Waals surface area contributed by atoms with E-state index in [0.29, 0.717) is 12.1 Å². The Labute approximate surface area is 122 Å². The molecule has 0 aromatic heterocycles. The zero-order valence-electron chi connectivity index (χ0n) is 12.7. The van der Waals surface area contributed by atoms with Crippen LogP contribution >= 0.6 is 0 Å². The van der Waals surface area contributed by atoms with Gasteiger partial charge in [-0.05, 0) is 74.8 Å². The first-order valence-electron chi connectivity index (χ1n) is 8.38. The summed E-state index contributed by atoms with van der Waals surface area (Å²) in [5, 5.41) is 3.67. The molecule has 0 spiro atoms. The fourth-order valence-electron chi connectivity index (χ4n) is 3.60. The molecule has 1 saturated carbocycles.